The van der Waals surface area contributed by atoms with E-state index in [0.717, 1.165) is 70.5 Å². The van der Waals surface area contributed by atoms with Crippen LogP contribution in [0.1, 0.15) is 64.4 Å². The lowest BCUT2D eigenvalue weighted by atomic mass is 9.74. The normalized spacial score (nSPS) is 20.2. The number of nitrogens with zero attached hydrogens (tertiary/aromatic N) is 1. The molecule has 0 amide bonds. The van der Waals surface area contributed by atoms with Crippen LogP contribution >= 0.6 is 0 Å². The Morgan fingerprint density at radius 3 is 2.28 bits per heavy atom. The number of benzene rings is 1. The molecule has 0 aromatic heterocycles. The molecule has 2 aliphatic rings. The third-order valence-corrected chi connectivity index (χ3v) is 7.32. The third-order valence-electron chi connectivity index (χ3n) is 7.32. The molecule has 32 heavy (non-hydrogen) atoms. The number of guanidine groups is 1. The molecule has 2 fully saturated rings. The summed E-state index contributed by atoms with van der Waals surface area (Å²) in [5.74, 6) is 1.82. The standard InChI is InChI=1S/C26H43N3O3/c1-4-30-17-14-25(12-6-7-13-25)20-28-24(27-3)29-21-26(15-18-31-19-16-26)22-8-10-23(11-9-22)32-5-2/h8-11H,4-7,12-21H2,1-3H3,(H2,27,28,29). The van der Waals surface area contributed by atoms with Crippen molar-refractivity contribution < 1.29 is 14.2 Å². The van der Waals surface area contributed by atoms with Gasteiger partial charge in [0, 0.05) is 52.0 Å². The molecule has 1 aliphatic heterocycles. The zero-order chi connectivity index (χ0) is 22.7. The Morgan fingerprint density at radius 2 is 1.66 bits per heavy atom. The second-order valence-corrected chi connectivity index (χ2v) is 9.28. The number of ether oxygens (including phenoxy) is 3. The van der Waals surface area contributed by atoms with Crippen LogP contribution in [-0.4, -0.2) is 59.1 Å². The van der Waals surface area contributed by atoms with Crippen LogP contribution in [-0.2, 0) is 14.9 Å². The van der Waals surface area contributed by atoms with Crippen LogP contribution in [0.3, 0.4) is 0 Å². The fourth-order valence-corrected chi connectivity index (χ4v) is 5.22. The molecule has 180 valence electrons. The van der Waals surface area contributed by atoms with Gasteiger partial charge in [-0.25, -0.2) is 0 Å². The first-order chi connectivity index (χ1) is 15.7. The lowest BCUT2D eigenvalue weighted by Crippen LogP contribution is -2.49. The van der Waals surface area contributed by atoms with Crippen molar-refractivity contribution in [3.8, 4) is 5.75 Å². The predicted octanol–water partition coefficient (Wildman–Crippen LogP) is 4.29. The molecule has 6 heteroatoms. The summed E-state index contributed by atoms with van der Waals surface area (Å²) >= 11 is 0. The summed E-state index contributed by atoms with van der Waals surface area (Å²) in [5, 5.41) is 7.29. The Kier molecular flexibility index (Phi) is 9.67. The van der Waals surface area contributed by atoms with Gasteiger partial charge < -0.3 is 24.8 Å². The van der Waals surface area contributed by atoms with Crippen molar-refractivity contribution in [1.82, 2.24) is 10.6 Å². The zero-order valence-electron chi connectivity index (χ0n) is 20.4. The average Bonchev–Trinajstić information content (AvgIpc) is 3.30. The summed E-state index contributed by atoms with van der Waals surface area (Å²) in [4.78, 5) is 4.54. The molecule has 0 bridgehead atoms. The van der Waals surface area contributed by atoms with E-state index in [4.69, 9.17) is 14.2 Å². The van der Waals surface area contributed by atoms with E-state index in [0.29, 0.717) is 12.0 Å². The van der Waals surface area contributed by atoms with E-state index < -0.39 is 0 Å². The molecule has 1 aliphatic carbocycles. The maximum atomic E-state index is 5.71. The largest absolute Gasteiger partial charge is 0.494 e. The van der Waals surface area contributed by atoms with Crippen LogP contribution in [0.4, 0.5) is 0 Å². The van der Waals surface area contributed by atoms with Crippen molar-refractivity contribution in [3.63, 3.8) is 0 Å². The van der Waals surface area contributed by atoms with Crippen molar-refractivity contribution in [3.05, 3.63) is 29.8 Å². The fraction of sp³-hybridized carbons (Fsp3) is 0.731. The van der Waals surface area contributed by atoms with Gasteiger partial charge in [0.1, 0.15) is 5.75 Å². The minimum atomic E-state index is 0.0423. The first-order valence-corrected chi connectivity index (χ1v) is 12.5. The molecular weight excluding hydrogens is 402 g/mol. The quantitative estimate of drug-likeness (QED) is 0.302. The monoisotopic (exact) mass is 445 g/mol. The van der Waals surface area contributed by atoms with E-state index in [1.54, 1.807) is 0 Å². The molecule has 1 aromatic carbocycles. The second-order valence-electron chi connectivity index (χ2n) is 9.28. The maximum absolute atomic E-state index is 5.71. The Bertz CT molecular complexity index is 693. The maximum Gasteiger partial charge on any atom is 0.191 e. The molecule has 1 saturated carbocycles. The molecule has 0 atom stereocenters. The summed E-state index contributed by atoms with van der Waals surface area (Å²) < 4.78 is 17.0. The molecule has 3 rings (SSSR count). The summed E-state index contributed by atoms with van der Waals surface area (Å²) in [6.07, 6.45) is 8.32. The van der Waals surface area contributed by atoms with Crippen LogP contribution in [0.15, 0.2) is 29.3 Å². The van der Waals surface area contributed by atoms with Crippen molar-refractivity contribution in [2.24, 2.45) is 10.4 Å². The van der Waals surface area contributed by atoms with Gasteiger partial charge in [-0.2, -0.15) is 0 Å². The first-order valence-electron chi connectivity index (χ1n) is 12.5. The van der Waals surface area contributed by atoms with Gasteiger partial charge in [-0.15, -0.1) is 0 Å². The van der Waals surface area contributed by atoms with Crippen LogP contribution < -0.4 is 15.4 Å². The van der Waals surface area contributed by atoms with Gasteiger partial charge in [0.2, 0.25) is 0 Å². The van der Waals surface area contributed by atoms with Crippen molar-refractivity contribution in [1.29, 1.82) is 0 Å². The molecule has 1 aromatic rings. The number of nitrogens with one attached hydrogen (secondary N) is 2. The molecule has 1 heterocycles. The summed E-state index contributed by atoms with van der Waals surface area (Å²) in [6.45, 7) is 9.81. The van der Waals surface area contributed by atoms with Gasteiger partial charge in [0.05, 0.1) is 6.61 Å². The molecule has 0 radical (unpaired) electrons. The van der Waals surface area contributed by atoms with E-state index >= 15 is 0 Å². The molecular formula is C26H43N3O3. The predicted molar refractivity (Wildman–Crippen MR) is 131 cm³/mol. The number of hydrogen-bond donors (Lipinski definition) is 2. The smallest absolute Gasteiger partial charge is 0.191 e. The minimum Gasteiger partial charge on any atom is -0.494 e. The molecule has 6 nitrogen and oxygen atoms in total. The topological polar surface area (TPSA) is 64.1 Å². The highest BCUT2D eigenvalue weighted by Gasteiger charge is 2.36. The van der Waals surface area contributed by atoms with Gasteiger partial charge in [0.25, 0.3) is 0 Å². The van der Waals surface area contributed by atoms with E-state index in [2.05, 4.69) is 46.8 Å². The Hall–Kier alpha value is -1.79. The molecule has 1 saturated heterocycles. The van der Waals surface area contributed by atoms with Gasteiger partial charge in [-0.3, -0.25) is 4.99 Å². The van der Waals surface area contributed by atoms with E-state index in [9.17, 15) is 0 Å². The molecule has 0 spiro atoms. The highest BCUT2D eigenvalue weighted by molar-refractivity contribution is 5.79. The summed E-state index contributed by atoms with van der Waals surface area (Å²) in [7, 11) is 1.87. The van der Waals surface area contributed by atoms with Gasteiger partial charge in [0.15, 0.2) is 5.96 Å². The SMILES string of the molecule is CCOCCC1(CNC(=NC)NCC2(c3ccc(OCC)cc3)CCOCC2)CCCC1. The van der Waals surface area contributed by atoms with Crippen LogP contribution in [0.5, 0.6) is 5.75 Å². The number of aliphatic imine (C=N–C) groups is 1. The first kappa shape index (κ1) is 24.8. The lowest BCUT2D eigenvalue weighted by Gasteiger charge is -2.38. The highest BCUT2D eigenvalue weighted by Crippen LogP contribution is 2.40. The number of hydrogen-bond acceptors (Lipinski definition) is 4. The number of rotatable bonds is 11. The average molecular weight is 446 g/mol. The lowest BCUT2D eigenvalue weighted by molar-refractivity contribution is 0.0513. The van der Waals surface area contributed by atoms with E-state index in [-0.39, 0.29) is 5.41 Å². The van der Waals surface area contributed by atoms with Crippen LogP contribution in [0.2, 0.25) is 0 Å². The van der Waals surface area contributed by atoms with E-state index in [1.807, 2.05) is 14.0 Å². The van der Waals surface area contributed by atoms with Crippen LogP contribution in [0.25, 0.3) is 0 Å². The third kappa shape index (κ3) is 6.61. The van der Waals surface area contributed by atoms with Gasteiger partial charge in [-0.1, -0.05) is 25.0 Å². The summed E-state index contributed by atoms with van der Waals surface area (Å²) in [5.41, 5.74) is 1.72. The van der Waals surface area contributed by atoms with Gasteiger partial charge >= 0.3 is 0 Å². The zero-order valence-corrected chi connectivity index (χ0v) is 20.4. The van der Waals surface area contributed by atoms with E-state index in [1.165, 1.54) is 31.2 Å². The van der Waals surface area contributed by atoms with Crippen molar-refractivity contribution in [2.75, 3.05) is 53.2 Å². The summed E-state index contributed by atoms with van der Waals surface area (Å²) in [6, 6.07) is 8.61. The minimum absolute atomic E-state index is 0.0423. The Morgan fingerprint density at radius 1 is 0.969 bits per heavy atom. The van der Waals surface area contributed by atoms with Crippen LogP contribution in [0, 0.1) is 5.41 Å². The Labute approximate surface area is 194 Å². The fourth-order valence-electron chi connectivity index (χ4n) is 5.22. The molecule has 2 N–H and O–H groups in total. The second kappa shape index (κ2) is 12.4. The van der Waals surface area contributed by atoms with Gasteiger partial charge in [-0.05, 0) is 69.1 Å². The van der Waals surface area contributed by atoms with Crippen molar-refractivity contribution >= 4 is 5.96 Å². The highest BCUT2D eigenvalue weighted by atomic mass is 16.5. The Balaban J connectivity index is 1.61. The molecule has 0 unspecified atom stereocenters. The van der Waals surface area contributed by atoms with Crippen molar-refractivity contribution in [2.45, 2.75) is 64.2 Å².